The molecule has 1 aromatic carbocycles. The van der Waals surface area contributed by atoms with E-state index >= 15 is 0 Å². The average molecular weight is 250 g/mol. The van der Waals surface area contributed by atoms with Gasteiger partial charge in [-0.05, 0) is 30.5 Å². The Morgan fingerprint density at radius 2 is 2.00 bits per heavy atom. The Hall–Kier alpha value is -2.04. The average Bonchev–Trinajstić information content (AvgIpc) is 2.29. The molecule has 5 nitrogen and oxygen atoms in total. The molecule has 0 saturated heterocycles. The van der Waals surface area contributed by atoms with Gasteiger partial charge in [-0.2, -0.15) is 0 Å². The quantitative estimate of drug-likeness (QED) is 0.773. The van der Waals surface area contributed by atoms with Crippen LogP contribution >= 0.6 is 0 Å². The molecule has 0 fully saturated rings. The lowest BCUT2D eigenvalue weighted by Crippen LogP contribution is -2.23. The van der Waals surface area contributed by atoms with Crippen molar-refractivity contribution in [1.82, 2.24) is 4.90 Å². The first-order chi connectivity index (χ1) is 8.41. The van der Waals surface area contributed by atoms with Crippen LogP contribution in [0.15, 0.2) is 18.2 Å². The molecule has 0 aromatic heterocycles. The molecule has 5 heteroatoms. The number of nitrogen functional groups attached to an aromatic ring is 1. The predicted octanol–water partition coefficient (Wildman–Crippen LogP) is 1.38. The van der Waals surface area contributed by atoms with Gasteiger partial charge in [-0.15, -0.1) is 0 Å². The topological polar surface area (TPSA) is 83.6 Å². The van der Waals surface area contributed by atoms with Crippen molar-refractivity contribution in [1.29, 1.82) is 0 Å². The number of anilines is 1. The number of carboxylic acid groups (broad SMARTS) is 1. The zero-order valence-corrected chi connectivity index (χ0v) is 10.6. The smallest absolute Gasteiger partial charge is 0.303 e. The van der Waals surface area contributed by atoms with E-state index in [1.165, 1.54) is 4.90 Å². The highest BCUT2D eigenvalue weighted by molar-refractivity contribution is 5.99. The molecule has 0 aliphatic carbocycles. The Balaban J connectivity index is 2.80. The molecule has 0 heterocycles. The predicted molar refractivity (Wildman–Crippen MR) is 69.4 cm³/mol. The first kappa shape index (κ1) is 14.0. The Bertz CT molecular complexity index is 456. The third-order valence-electron chi connectivity index (χ3n) is 2.61. The molecule has 1 amide bonds. The second-order valence-corrected chi connectivity index (χ2v) is 4.37. The fourth-order valence-electron chi connectivity index (χ4n) is 1.63. The highest BCUT2D eigenvalue weighted by Crippen LogP contribution is 2.17. The second-order valence-electron chi connectivity index (χ2n) is 4.37. The number of rotatable bonds is 5. The summed E-state index contributed by atoms with van der Waals surface area (Å²) in [7, 11) is 3.33. The number of nitrogens with zero attached hydrogens (tertiary/aromatic N) is 1. The van der Waals surface area contributed by atoms with E-state index in [1.807, 2.05) is 6.07 Å². The van der Waals surface area contributed by atoms with E-state index in [1.54, 1.807) is 26.2 Å². The van der Waals surface area contributed by atoms with Crippen LogP contribution in [0.4, 0.5) is 5.69 Å². The molecule has 1 aromatic rings. The maximum atomic E-state index is 11.9. The van der Waals surface area contributed by atoms with Gasteiger partial charge in [0.25, 0.3) is 5.91 Å². The summed E-state index contributed by atoms with van der Waals surface area (Å²) in [6.07, 6.45) is 1.30. The molecule has 0 unspecified atom stereocenters. The second kappa shape index (κ2) is 6.05. The van der Waals surface area contributed by atoms with Crippen molar-refractivity contribution in [2.45, 2.75) is 19.3 Å². The molecule has 0 spiro atoms. The van der Waals surface area contributed by atoms with Gasteiger partial charge in [-0.1, -0.05) is 6.07 Å². The summed E-state index contributed by atoms with van der Waals surface area (Å²) in [5.74, 6) is -0.956. The minimum absolute atomic E-state index is 0.126. The van der Waals surface area contributed by atoms with Crippen molar-refractivity contribution < 1.29 is 14.7 Å². The van der Waals surface area contributed by atoms with Crippen molar-refractivity contribution in [2.75, 3.05) is 19.8 Å². The number of hydrogen-bond donors (Lipinski definition) is 2. The van der Waals surface area contributed by atoms with Gasteiger partial charge in [0.1, 0.15) is 0 Å². The number of nitrogens with two attached hydrogens (primary N) is 1. The number of carbonyl (C=O) groups excluding carboxylic acids is 1. The van der Waals surface area contributed by atoms with Crippen LogP contribution in [0.3, 0.4) is 0 Å². The molecular weight excluding hydrogens is 232 g/mol. The lowest BCUT2D eigenvalue weighted by atomic mass is 10.0. The van der Waals surface area contributed by atoms with Crippen molar-refractivity contribution in [2.24, 2.45) is 0 Å². The number of amides is 1. The van der Waals surface area contributed by atoms with Crippen molar-refractivity contribution in [3.05, 3.63) is 29.3 Å². The molecule has 0 bridgehead atoms. The van der Waals surface area contributed by atoms with Gasteiger partial charge in [0.05, 0.1) is 5.56 Å². The molecule has 3 N–H and O–H groups in total. The normalized spacial score (nSPS) is 10.1. The lowest BCUT2D eigenvalue weighted by molar-refractivity contribution is -0.137. The zero-order chi connectivity index (χ0) is 13.7. The minimum atomic E-state index is -0.810. The van der Waals surface area contributed by atoms with Crippen LogP contribution in [0.1, 0.15) is 28.8 Å². The number of aryl methyl sites for hydroxylation is 1. The number of carboxylic acids is 1. The Morgan fingerprint density at radius 3 is 2.56 bits per heavy atom. The molecule has 0 radical (unpaired) electrons. The van der Waals surface area contributed by atoms with Gasteiger partial charge in [0.15, 0.2) is 0 Å². The van der Waals surface area contributed by atoms with E-state index in [4.69, 9.17) is 10.8 Å². The Labute approximate surface area is 106 Å². The number of carbonyl (C=O) groups is 2. The monoisotopic (exact) mass is 250 g/mol. The van der Waals surface area contributed by atoms with Crippen LogP contribution in [0.25, 0.3) is 0 Å². The molecule has 0 saturated carbocycles. The number of benzene rings is 1. The van der Waals surface area contributed by atoms with Crippen molar-refractivity contribution >= 4 is 17.6 Å². The summed E-state index contributed by atoms with van der Waals surface area (Å²) in [5.41, 5.74) is 7.60. The van der Waals surface area contributed by atoms with Gasteiger partial charge in [0.2, 0.25) is 0 Å². The van der Waals surface area contributed by atoms with Gasteiger partial charge < -0.3 is 15.7 Å². The molecular formula is C13H18N2O3. The van der Waals surface area contributed by atoms with Crippen LogP contribution in [-0.2, 0) is 11.2 Å². The fraction of sp³-hybridized carbons (Fsp3) is 0.385. The first-order valence-electron chi connectivity index (χ1n) is 5.73. The van der Waals surface area contributed by atoms with E-state index in [0.717, 1.165) is 5.56 Å². The number of hydrogen-bond acceptors (Lipinski definition) is 3. The molecule has 1 rings (SSSR count). The maximum Gasteiger partial charge on any atom is 0.303 e. The molecule has 98 valence electrons. The van der Waals surface area contributed by atoms with Crippen LogP contribution in [0, 0.1) is 0 Å². The summed E-state index contributed by atoms with van der Waals surface area (Å²) in [6, 6.07) is 5.25. The van der Waals surface area contributed by atoms with Crippen LogP contribution in [0.2, 0.25) is 0 Å². The Kier molecular flexibility index (Phi) is 4.71. The van der Waals surface area contributed by atoms with Gasteiger partial charge in [0, 0.05) is 26.2 Å². The van der Waals surface area contributed by atoms with Crippen LogP contribution in [0.5, 0.6) is 0 Å². The summed E-state index contributed by atoms with van der Waals surface area (Å²) in [5, 5.41) is 8.57. The van der Waals surface area contributed by atoms with Crippen molar-refractivity contribution in [3.63, 3.8) is 0 Å². The fourth-order valence-corrected chi connectivity index (χ4v) is 1.63. The molecule has 0 aliphatic heterocycles. The highest BCUT2D eigenvalue weighted by atomic mass is 16.4. The van der Waals surface area contributed by atoms with E-state index < -0.39 is 5.97 Å². The highest BCUT2D eigenvalue weighted by Gasteiger charge is 2.12. The molecule has 0 atom stereocenters. The Morgan fingerprint density at radius 1 is 1.33 bits per heavy atom. The SMILES string of the molecule is CN(C)C(=O)c1cc(CCCC(=O)O)ccc1N. The lowest BCUT2D eigenvalue weighted by Gasteiger charge is -2.13. The van der Waals surface area contributed by atoms with E-state index in [9.17, 15) is 9.59 Å². The minimum Gasteiger partial charge on any atom is -0.481 e. The maximum absolute atomic E-state index is 11.9. The summed E-state index contributed by atoms with van der Waals surface area (Å²) >= 11 is 0. The summed E-state index contributed by atoms with van der Waals surface area (Å²) in [4.78, 5) is 23.7. The third kappa shape index (κ3) is 3.76. The van der Waals surface area contributed by atoms with Gasteiger partial charge >= 0.3 is 5.97 Å². The molecule has 18 heavy (non-hydrogen) atoms. The van der Waals surface area contributed by atoms with Crippen LogP contribution in [-0.4, -0.2) is 36.0 Å². The first-order valence-corrected chi connectivity index (χ1v) is 5.73. The van der Waals surface area contributed by atoms with E-state index in [-0.39, 0.29) is 12.3 Å². The number of aliphatic carboxylic acids is 1. The van der Waals surface area contributed by atoms with Crippen molar-refractivity contribution in [3.8, 4) is 0 Å². The third-order valence-corrected chi connectivity index (χ3v) is 2.61. The standard InChI is InChI=1S/C13H18N2O3/c1-15(2)13(18)10-8-9(6-7-11(10)14)4-3-5-12(16)17/h6-8H,3-5,14H2,1-2H3,(H,16,17). The van der Waals surface area contributed by atoms with Crippen LogP contribution < -0.4 is 5.73 Å². The van der Waals surface area contributed by atoms with E-state index in [0.29, 0.717) is 24.1 Å². The van der Waals surface area contributed by atoms with Gasteiger partial charge in [-0.3, -0.25) is 9.59 Å². The zero-order valence-electron chi connectivity index (χ0n) is 10.6. The largest absolute Gasteiger partial charge is 0.481 e. The van der Waals surface area contributed by atoms with E-state index in [2.05, 4.69) is 0 Å². The summed E-state index contributed by atoms with van der Waals surface area (Å²) < 4.78 is 0. The molecule has 0 aliphatic rings. The summed E-state index contributed by atoms with van der Waals surface area (Å²) in [6.45, 7) is 0. The van der Waals surface area contributed by atoms with Gasteiger partial charge in [-0.25, -0.2) is 0 Å².